The lowest BCUT2D eigenvalue weighted by Crippen LogP contribution is -2.23. The molecular formula is C12H18N4O5. The molecule has 1 aromatic rings. The monoisotopic (exact) mass is 298 g/mol. The number of aromatic nitrogens is 2. The van der Waals surface area contributed by atoms with Gasteiger partial charge in [-0.2, -0.15) is 9.78 Å². The maximum absolute atomic E-state index is 12.0. The lowest BCUT2D eigenvalue weighted by atomic mass is 10.2. The molecule has 0 aromatic carbocycles. The Labute approximate surface area is 121 Å². The Kier molecular flexibility index (Phi) is 4.90. The van der Waals surface area contributed by atoms with Gasteiger partial charge in [-0.05, 0) is 27.7 Å². The first-order valence-electron chi connectivity index (χ1n) is 6.25. The molecule has 0 unspecified atom stereocenters. The first kappa shape index (κ1) is 16.5. The van der Waals surface area contributed by atoms with E-state index in [-0.39, 0.29) is 11.4 Å². The molecule has 0 aliphatic carbocycles. The van der Waals surface area contributed by atoms with E-state index in [1.54, 1.807) is 27.7 Å². The van der Waals surface area contributed by atoms with Gasteiger partial charge in [0.25, 0.3) is 0 Å². The number of ether oxygens (including phenoxy) is 2. The van der Waals surface area contributed by atoms with Crippen molar-refractivity contribution < 1.29 is 23.9 Å². The highest BCUT2D eigenvalue weighted by molar-refractivity contribution is 6.06. The summed E-state index contributed by atoms with van der Waals surface area (Å²) < 4.78 is 10.5. The Morgan fingerprint density at radius 2 is 1.52 bits per heavy atom. The Bertz CT molecular complexity index is 576. The van der Waals surface area contributed by atoms with Gasteiger partial charge in [0.05, 0.1) is 12.2 Å². The third kappa shape index (κ3) is 3.71. The molecule has 0 bridgehead atoms. The molecule has 116 valence electrons. The zero-order valence-corrected chi connectivity index (χ0v) is 12.2. The molecule has 0 aliphatic rings. The summed E-state index contributed by atoms with van der Waals surface area (Å²) in [4.78, 5) is 35.2. The molecule has 1 amide bonds. The predicted molar refractivity (Wildman–Crippen MR) is 72.7 cm³/mol. The number of anilines is 1. The minimum Gasteiger partial charge on any atom is -0.459 e. The number of nitrogens with two attached hydrogens (primary N) is 2. The van der Waals surface area contributed by atoms with Crippen molar-refractivity contribution in [3.05, 3.63) is 11.3 Å². The van der Waals surface area contributed by atoms with Gasteiger partial charge >= 0.3 is 18.0 Å². The Morgan fingerprint density at radius 3 is 1.95 bits per heavy atom. The van der Waals surface area contributed by atoms with Crippen molar-refractivity contribution in [2.24, 2.45) is 5.73 Å². The van der Waals surface area contributed by atoms with E-state index in [0.29, 0.717) is 4.68 Å². The molecule has 0 atom stereocenters. The predicted octanol–water partition coefficient (Wildman–Crippen LogP) is 0.522. The van der Waals surface area contributed by atoms with Gasteiger partial charge in [-0.3, -0.25) is 0 Å². The molecule has 9 heteroatoms. The first-order chi connectivity index (χ1) is 9.65. The Morgan fingerprint density at radius 1 is 1.05 bits per heavy atom. The van der Waals surface area contributed by atoms with Crippen LogP contribution in [0.25, 0.3) is 0 Å². The van der Waals surface area contributed by atoms with Crippen LogP contribution in [0, 0.1) is 0 Å². The number of primary amides is 1. The molecule has 4 N–H and O–H groups in total. The molecule has 1 heterocycles. The molecule has 0 aliphatic heterocycles. The van der Waals surface area contributed by atoms with Crippen molar-refractivity contribution in [2.45, 2.75) is 39.9 Å². The molecular weight excluding hydrogens is 280 g/mol. The SMILES string of the molecule is CC(C)OC(=O)c1nn(C(N)=O)c(N)c1C(=O)OC(C)C. The van der Waals surface area contributed by atoms with Crippen LogP contribution in [0.5, 0.6) is 0 Å². The molecule has 0 saturated heterocycles. The third-order valence-corrected chi connectivity index (χ3v) is 2.21. The van der Waals surface area contributed by atoms with E-state index in [9.17, 15) is 14.4 Å². The van der Waals surface area contributed by atoms with Gasteiger partial charge in [0.15, 0.2) is 5.69 Å². The zero-order chi connectivity index (χ0) is 16.3. The van der Waals surface area contributed by atoms with Gasteiger partial charge in [0.1, 0.15) is 11.4 Å². The fourth-order valence-corrected chi connectivity index (χ4v) is 1.49. The van der Waals surface area contributed by atoms with E-state index < -0.39 is 35.9 Å². The van der Waals surface area contributed by atoms with Gasteiger partial charge in [0.2, 0.25) is 0 Å². The first-order valence-corrected chi connectivity index (χ1v) is 6.25. The fourth-order valence-electron chi connectivity index (χ4n) is 1.49. The number of nitrogen functional groups attached to an aromatic ring is 1. The van der Waals surface area contributed by atoms with Crippen LogP contribution in [0.15, 0.2) is 0 Å². The molecule has 9 nitrogen and oxygen atoms in total. The number of hydrogen-bond acceptors (Lipinski definition) is 7. The molecule has 21 heavy (non-hydrogen) atoms. The summed E-state index contributed by atoms with van der Waals surface area (Å²) in [5.74, 6) is -2.15. The second-order valence-corrected chi connectivity index (χ2v) is 4.77. The van der Waals surface area contributed by atoms with Crippen LogP contribution in [-0.4, -0.2) is 40.0 Å². The van der Waals surface area contributed by atoms with Crippen molar-refractivity contribution >= 4 is 23.8 Å². The third-order valence-electron chi connectivity index (χ3n) is 2.21. The van der Waals surface area contributed by atoms with E-state index in [0.717, 1.165) is 0 Å². The summed E-state index contributed by atoms with van der Waals surface area (Å²) in [5, 5.41) is 3.63. The van der Waals surface area contributed by atoms with Crippen LogP contribution < -0.4 is 11.5 Å². The van der Waals surface area contributed by atoms with Crippen molar-refractivity contribution in [3.63, 3.8) is 0 Å². The van der Waals surface area contributed by atoms with Gasteiger partial charge in [-0.15, -0.1) is 0 Å². The average Bonchev–Trinajstić information content (AvgIpc) is 2.65. The van der Waals surface area contributed by atoms with Crippen LogP contribution >= 0.6 is 0 Å². The number of carbonyl (C=O) groups excluding carboxylic acids is 3. The maximum Gasteiger partial charge on any atom is 0.360 e. The molecule has 0 spiro atoms. The van der Waals surface area contributed by atoms with Crippen molar-refractivity contribution in [1.29, 1.82) is 0 Å². The van der Waals surface area contributed by atoms with E-state index in [2.05, 4.69) is 5.10 Å². The molecule has 1 aromatic heterocycles. The summed E-state index contributed by atoms with van der Waals surface area (Å²) in [6.45, 7) is 6.49. The van der Waals surface area contributed by atoms with E-state index in [1.165, 1.54) is 0 Å². The zero-order valence-electron chi connectivity index (χ0n) is 12.2. The highest BCUT2D eigenvalue weighted by Gasteiger charge is 2.31. The largest absolute Gasteiger partial charge is 0.459 e. The summed E-state index contributed by atoms with van der Waals surface area (Å²) in [5.41, 5.74) is 9.97. The summed E-state index contributed by atoms with van der Waals surface area (Å²) in [6, 6.07) is -1.03. The summed E-state index contributed by atoms with van der Waals surface area (Å²) >= 11 is 0. The van der Waals surface area contributed by atoms with Crippen molar-refractivity contribution in [3.8, 4) is 0 Å². The quantitative estimate of drug-likeness (QED) is 0.772. The summed E-state index contributed by atoms with van der Waals surface area (Å²) in [6.07, 6.45) is -0.880. The molecule has 0 saturated carbocycles. The van der Waals surface area contributed by atoms with Gasteiger partial charge < -0.3 is 20.9 Å². The van der Waals surface area contributed by atoms with Crippen LogP contribution in [0.3, 0.4) is 0 Å². The molecule has 0 fully saturated rings. The van der Waals surface area contributed by atoms with Crippen LogP contribution in [0.4, 0.5) is 10.6 Å². The van der Waals surface area contributed by atoms with Crippen molar-refractivity contribution in [1.82, 2.24) is 9.78 Å². The van der Waals surface area contributed by atoms with Crippen LogP contribution in [-0.2, 0) is 9.47 Å². The minimum absolute atomic E-state index is 0.340. The molecule has 1 rings (SSSR count). The highest BCUT2D eigenvalue weighted by atomic mass is 16.5. The second-order valence-electron chi connectivity index (χ2n) is 4.77. The number of nitrogens with zero attached hydrogens (tertiary/aromatic N) is 2. The number of hydrogen-bond donors (Lipinski definition) is 2. The molecule has 0 radical (unpaired) electrons. The smallest absolute Gasteiger partial charge is 0.360 e. The van der Waals surface area contributed by atoms with Gasteiger partial charge in [-0.1, -0.05) is 0 Å². The number of carbonyl (C=O) groups is 3. The van der Waals surface area contributed by atoms with Crippen LogP contribution in [0.1, 0.15) is 48.5 Å². The maximum atomic E-state index is 12.0. The fraction of sp³-hybridized carbons (Fsp3) is 0.500. The Balaban J connectivity index is 3.34. The summed E-state index contributed by atoms with van der Waals surface area (Å²) in [7, 11) is 0. The minimum atomic E-state index is -1.03. The average molecular weight is 298 g/mol. The lowest BCUT2D eigenvalue weighted by Gasteiger charge is -2.09. The standard InChI is InChI=1S/C12H18N4O5/c1-5(2)20-10(17)7-8(11(18)21-6(3)4)15-16(9(7)13)12(14)19/h5-6H,13H2,1-4H3,(H2,14,19). The van der Waals surface area contributed by atoms with Crippen LogP contribution in [0.2, 0.25) is 0 Å². The lowest BCUT2D eigenvalue weighted by molar-refractivity contribution is 0.0325. The van der Waals surface area contributed by atoms with Gasteiger partial charge in [0, 0.05) is 0 Å². The van der Waals surface area contributed by atoms with E-state index in [1.807, 2.05) is 0 Å². The van der Waals surface area contributed by atoms with Gasteiger partial charge in [-0.25, -0.2) is 14.4 Å². The Hall–Kier alpha value is -2.58. The van der Waals surface area contributed by atoms with E-state index >= 15 is 0 Å². The number of amides is 1. The normalized spacial score (nSPS) is 10.8. The second kappa shape index (κ2) is 6.25. The number of rotatable bonds is 4. The number of esters is 2. The highest BCUT2D eigenvalue weighted by Crippen LogP contribution is 2.20. The van der Waals surface area contributed by atoms with E-state index in [4.69, 9.17) is 20.9 Å². The topological polar surface area (TPSA) is 140 Å². The van der Waals surface area contributed by atoms with Crippen molar-refractivity contribution in [2.75, 3.05) is 5.73 Å².